The number of aliphatic hydroxyl groups excluding tert-OH is 1. The van der Waals surface area contributed by atoms with E-state index < -0.39 is 6.10 Å². The number of para-hydroxylation sites is 2. The molecule has 1 aromatic heterocycles. The maximum absolute atomic E-state index is 9.81. The van der Waals surface area contributed by atoms with Crippen LogP contribution < -0.4 is 5.73 Å². The number of hydrogen-bond acceptors (Lipinski definition) is 4. The summed E-state index contributed by atoms with van der Waals surface area (Å²) in [6, 6.07) is 7.06. The standard InChI is InChI=1S/C11H14N2O2/c1-2-7(12)10(14)11-13-8-5-3-4-6-9(8)15-11/h3-7,10,14H,2,12H2,1H3/t7-,10+/m0/s1. The van der Waals surface area contributed by atoms with Crippen molar-refractivity contribution in [3.05, 3.63) is 30.2 Å². The summed E-state index contributed by atoms with van der Waals surface area (Å²) >= 11 is 0. The van der Waals surface area contributed by atoms with Gasteiger partial charge < -0.3 is 15.3 Å². The van der Waals surface area contributed by atoms with Gasteiger partial charge in [0.2, 0.25) is 5.89 Å². The Morgan fingerprint density at radius 1 is 1.47 bits per heavy atom. The molecule has 0 unspecified atom stereocenters. The zero-order chi connectivity index (χ0) is 10.8. The molecule has 4 heteroatoms. The van der Waals surface area contributed by atoms with E-state index in [1.807, 2.05) is 31.2 Å². The van der Waals surface area contributed by atoms with Gasteiger partial charge in [-0.3, -0.25) is 0 Å². The monoisotopic (exact) mass is 206 g/mol. The molecule has 3 N–H and O–H groups in total. The van der Waals surface area contributed by atoms with Gasteiger partial charge in [-0.1, -0.05) is 19.1 Å². The number of nitrogens with zero attached hydrogens (tertiary/aromatic N) is 1. The molecular weight excluding hydrogens is 192 g/mol. The van der Waals surface area contributed by atoms with Gasteiger partial charge >= 0.3 is 0 Å². The highest BCUT2D eigenvalue weighted by atomic mass is 16.4. The molecule has 2 atom stereocenters. The van der Waals surface area contributed by atoms with Crippen molar-refractivity contribution in [2.24, 2.45) is 5.73 Å². The molecule has 0 aliphatic carbocycles. The fraction of sp³-hybridized carbons (Fsp3) is 0.364. The van der Waals surface area contributed by atoms with Gasteiger partial charge in [-0.05, 0) is 18.6 Å². The molecule has 15 heavy (non-hydrogen) atoms. The highest BCUT2D eigenvalue weighted by Gasteiger charge is 2.20. The lowest BCUT2D eigenvalue weighted by Crippen LogP contribution is -2.27. The Morgan fingerprint density at radius 3 is 2.87 bits per heavy atom. The van der Waals surface area contributed by atoms with Crippen LogP contribution in [-0.2, 0) is 0 Å². The SMILES string of the molecule is CC[C@H](N)[C@@H](O)c1nc2ccccc2o1. The summed E-state index contributed by atoms with van der Waals surface area (Å²) in [6.07, 6.45) is -0.151. The van der Waals surface area contributed by atoms with Crippen molar-refractivity contribution >= 4 is 11.1 Å². The lowest BCUT2D eigenvalue weighted by Gasteiger charge is -2.12. The van der Waals surface area contributed by atoms with Crippen molar-refractivity contribution in [2.45, 2.75) is 25.5 Å². The molecule has 0 aliphatic rings. The van der Waals surface area contributed by atoms with E-state index >= 15 is 0 Å². The maximum atomic E-state index is 9.81. The van der Waals surface area contributed by atoms with Crippen molar-refractivity contribution in [1.82, 2.24) is 4.98 Å². The predicted molar refractivity (Wildman–Crippen MR) is 57.2 cm³/mol. The smallest absolute Gasteiger partial charge is 0.225 e. The number of benzene rings is 1. The number of hydrogen-bond donors (Lipinski definition) is 2. The van der Waals surface area contributed by atoms with E-state index in [-0.39, 0.29) is 6.04 Å². The lowest BCUT2D eigenvalue weighted by atomic mass is 10.1. The Balaban J connectivity index is 2.36. The molecule has 2 aromatic rings. The molecule has 0 radical (unpaired) electrons. The van der Waals surface area contributed by atoms with Crippen molar-refractivity contribution in [1.29, 1.82) is 0 Å². The Labute approximate surface area is 87.7 Å². The van der Waals surface area contributed by atoms with E-state index in [1.54, 1.807) is 0 Å². The van der Waals surface area contributed by atoms with Crippen molar-refractivity contribution in [3.8, 4) is 0 Å². The number of aliphatic hydroxyl groups is 1. The first-order valence-corrected chi connectivity index (χ1v) is 5.01. The third-order valence-electron chi connectivity index (χ3n) is 2.44. The minimum Gasteiger partial charge on any atom is -0.438 e. The van der Waals surface area contributed by atoms with Crippen LogP contribution in [0, 0.1) is 0 Å². The number of aromatic nitrogens is 1. The highest BCUT2D eigenvalue weighted by Crippen LogP contribution is 2.22. The summed E-state index contributed by atoms with van der Waals surface area (Å²) < 4.78 is 5.41. The quantitative estimate of drug-likeness (QED) is 0.800. The molecule has 0 spiro atoms. The third-order valence-corrected chi connectivity index (χ3v) is 2.44. The fourth-order valence-electron chi connectivity index (χ4n) is 1.42. The van der Waals surface area contributed by atoms with Crippen LogP contribution >= 0.6 is 0 Å². The summed E-state index contributed by atoms with van der Waals surface area (Å²) in [5.41, 5.74) is 7.14. The lowest BCUT2D eigenvalue weighted by molar-refractivity contribution is 0.116. The van der Waals surface area contributed by atoms with Crippen LogP contribution in [0.2, 0.25) is 0 Å². The second kappa shape index (κ2) is 4.00. The Bertz CT molecular complexity index is 420. The summed E-state index contributed by atoms with van der Waals surface area (Å²) in [7, 11) is 0. The molecule has 0 saturated carbocycles. The van der Waals surface area contributed by atoms with Crippen LogP contribution in [0.3, 0.4) is 0 Å². The highest BCUT2D eigenvalue weighted by molar-refractivity contribution is 5.72. The van der Waals surface area contributed by atoms with E-state index in [9.17, 15) is 5.11 Å². The Kier molecular flexibility index (Phi) is 2.70. The van der Waals surface area contributed by atoms with E-state index in [0.717, 1.165) is 5.52 Å². The maximum Gasteiger partial charge on any atom is 0.225 e. The molecule has 2 rings (SSSR count). The van der Waals surface area contributed by atoms with Crippen LogP contribution in [0.1, 0.15) is 25.3 Å². The molecule has 1 aromatic carbocycles. The first kappa shape index (κ1) is 10.1. The number of nitrogens with two attached hydrogens (primary N) is 1. The van der Waals surface area contributed by atoms with Gasteiger partial charge in [0, 0.05) is 6.04 Å². The topological polar surface area (TPSA) is 72.3 Å². The number of oxazole rings is 1. The normalized spacial score (nSPS) is 15.4. The molecule has 80 valence electrons. The molecular formula is C11H14N2O2. The Morgan fingerprint density at radius 2 is 2.20 bits per heavy atom. The van der Waals surface area contributed by atoms with Crippen LogP contribution in [-0.4, -0.2) is 16.1 Å². The molecule has 1 heterocycles. The number of fused-ring (bicyclic) bond motifs is 1. The van der Waals surface area contributed by atoms with E-state index in [0.29, 0.717) is 17.9 Å². The van der Waals surface area contributed by atoms with Crippen molar-refractivity contribution in [3.63, 3.8) is 0 Å². The van der Waals surface area contributed by atoms with Gasteiger partial charge in [-0.2, -0.15) is 0 Å². The first-order chi connectivity index (χ1) is 7.22. The van der Waals surface area contributed by atoms with Gasteiger partial charge in [0.1, 0.15) is 11.6 Å². The van der Waals surface area contributed by atoms with Crippen LogP contribution in [0.25, 0.3) is 11.1 Å². The second-order valence-electron chi connectivity index (χ2n) is 3.54. The second-order valence-corrected chi connectivity index (χ2v) is 3.54. The summed E-state index contributed by atoms with van der Waals surface area (Å²) in [5.74, 6) is 0.297. The van der Waals surface area contributed by atoms with Crippen molar-refractivity contribution in [2.75, 3.05) is 0 Å². The minimum absolute atomic E-state index is 0.297. The van der Waals surface area contributed by atoms with E-state index in [4.69, 9.17) is 10.2 Å². The van der Waals surface area contributed by atoms with Gasteiger partial charge in [-0.15, -0.1) is 0 Å². The van der Waals surface area contributed by atoms with E-state index in [1.165, 1.54) is 0 Å². The molecule has 4 nitrogen and oxygen atoms in total. The molecule has 0 saturated heterocycles. The molecule has 0 bridgehead atoms. The largest absolute Gasteiger partial charge is 0.438 e. The average Bonchev–Trinajstić information content (AvgIpc) is 2.70. The Hall–Kier alpha value is -1.39. The average molecular weight is 206 g/mol. The zero-order valence-corrected chi connectivity index (χ0v) is 8.55. The molecule has 0 fully saturated rings. The molecule has 0 aliphatic heterocycles. The first-order valence-electron chi connectivity index (χ1n) is 5.01. The summed E-state index contributed by atoms with van der Waals surface area (Å²) in [6.45, 7) is 1.91. The predicted octanol–water partition coefficient (Wildman–Crippen LogP) is 1.60. The van der Waals surface area contributed by atoms with Crippen LogP contribution in [0.15, 0.2) is 28.7 Å². The van der Waals surface area contributed by atoms with Gasteiger partial charge in [0.25, 0.3) is 0 Å². The van der Waals surface area contributed by atoms with Crippen LogP contribution in [0.4, 0.5) is 0 Å². The third kappa shape index (κ3) is 1.86. The molecule has 0 amide bonds. The number of rotatable bonds is 3. The van der Waals surface area contributed by atoms with E-state index in [2.05, 4.69) is 4.98 Å². The van der Waals surface area contributed by atoms with Crippen molar-refractivity contribution < 1.29 is 9.52 Å². The van der Waals surface area contributed by atoms with Gasteiger partial charge in [0.05, 0.1) is 0 Å². The summed E-state index contributed by atoms with van der Waals surface area (Å²) in [5, 5.41) is 9.81. The summed E-state index contributed by atoms with van der Waals surface area (Å²) in [4.78, 5) is 4.19. The van der Waals surface area contributed by atoms with Crippen LogP contribution in [0.5, 0.6) is 0 Å². The van der Waals surface area contributed by atoms with Gasteiger partial charge in [-0.25, -0.2) is 4.98 Å². The minimum atomic E-state index is -0.831. The fourth-order valence-corrected chi connectivity index (χ4v) is 1.42. The zero-order valence-electron chi connectivity index (χ0n) is 8.55. The van der Waals surface area contributed by atoms with Gasteiger partial charge in [0.15, 0.2) is 5.58 Å².